The smallest absolute Gasteiger partial charge is 0.331 e. The van der Waals surface area contributed by atoms with E-state index in [0.29, 0.717) is 50.0 Å². The van der Waals surface area contributed by atoms with Gasteiger partial charge in [-0.2, -0.15) is 0 Å². The van der Waals surface area contributed by atoms with Gasteiger partial charge in [0.2, 0.25) is 11.8 Å². The number of rotatable bonds is 5. The molecule has 1 aliphatic carbocycles. The quantitative estimate of drug-likeness (QED) is 0.692. The summed E-state index contributed by atoms with van der Waals surface area (Å²) in [5.41, 5.74) is 0.129. The zero-order valence-corrected chi connectivity index (χ0v) is 19.7. The van der Waals surface area contributed by atoms with Gasteiger partial charge in [-0.05, 0) is 50.2 Å². The summed E-state index contributed by atoms with van der Waals surface area (Å²) >= 11 is 0. The largest absolute Gasteiger partial charge is 0.339 e. The Balaban J connectivity index is 1.35. The van der Waals surface area contributed by atoms with Gasteiger partial charge in [-0.1, -0.05) is 19.1 Å². The number of carbonyl (C=O) groups excluding carboxylic acids is 2. The summed E-state index contributed by atoms with van der Waals surface area (Å²) in [5.74, 6) is 0.578. The SMILES string of the molecule is CCCC(=O)N1CCN(C(=O)[C@H]2CC[C@H](Cn3c(=O)c4ccccc4n(C)c3=O)CC2)CC1. The lowest BCUT2D eigenvalue weighted by molar-refractivity contribution is -0.143. The Hall–Kier alpha value is -2.90. The first kappa shape index (κ1) is 23.3. The summed E-state index contributed by atoms with van der Waals surface area (Å²) in [4.78, 5) is 54.6. The first-order valence-corrected chi connectivity index (χ1v) is 12.2. The number of hydrogen-bond donors (Lipinski definition) is 0. The van der Waals surface area contributed by atoms with Crippen LogP contribution in [0.2, 0.25) is 0 Å². The molecule has 0 unspecified atom stereocenters. The molecule has 1 aromatic heterocycles. The van der Waals surface area contributed by atoms with Crippen molar-refractivity contribution in [3.63, 3.8) is 0 Å². The molecule has 0 bridgehead atoms. The number of fused-ring (bicyclic) bond motifs is 1. The van der Waals surface area contributed by atoms with E-state index in [1.807, 2.05) is 28.9 Å². The van der Waals surface area contributed by atoms with E-state index in [1.54, 1.807) is 19.2 Å². The van der Waals surface area contributed by atoms with E-state index in [9.17, 15) is 19.2 Å². The Labute approximate surface area is 193 Å². The molecule has 178 valence electrons. The molecule has 2 amide bonds. The van der Waals surface area contributed by atoms with Crippen LogP contribution in [0.25, 0.3) is 10.9 Å². The van der Waals surface area contributed by atoms with Crippen LogP contribution < -0.4 is 11.2 Å². The number of hydrogen-bond acceptors (Lipinski definition) is 4. The number of amides is 2. The highest BCUT2D eigenvalue weighted by atomic mass is 16.2. The molecule has 2 aromatic rings. The van der Waals surface area contributed by atoms with Gasteiger partial charge in [-0.3, -0.25) is 23.5 Å². The lowest BCUT2D eigenvalue weighted by Gasteiger charge is -2.38. The van der Waals surface area contributed by atoms with Crippen LogP contribution >= 0.6 is 0 Å². The maximum absolute atomic E-state index is 13.0. The molecule has 1 saturated heterocycles. The van der Waals surface area contributed by atoms with E-state index in [-0.39, 0.29) is 34.9 Å². The second-order valence-electron chi connectivity index (χ2n) is 9.45. The van der Waals surface area contributed by atoms with Gasteiger partial charge in [0.25, 0.3) is 5.56 Å². The van der Waals surface area contributed by atoms with Gasteiger partial charge in [0.1, 0.15) is 0 Å². The first-order chi connectivity index (χ1) is 15.9. The maximum Gasteiger partial charge on any atom is 0.331 e. The first-order valence-electron chi connectivity index (χ1n) is 12.2. The Kier molecular flexibility index (Phi) is 7.00. The van der Waals surface area contributed by atoms with E-state index in [2.05, 4.69) is 0 Å². The summed E-state index contributed by atoms with van der Waals surface area (Å²) in [7, 11) is 1.70. The predicted octanol–water partition coefficient (Wildman–Crippen LogP) is 1.98. The molecule has 2 aliphatic rings. The highest BCUT2D eigenvalue weighted by Crippen LogP contribution is 2.31. The Bertz CT molecular complexity index is 1140. The number of nitrogens with zero attached hydrogens (tertiary/aromatic N) is 4. The molecule has 1 saturated carbocycles. The Morgan fingerprint density at radius 2 is 1.58 bits per heavy atom. The highest BCUT2D eigenvalue weighted by molar-refractivity contribution is 5.80. The van der Waals surface area contributed by atoms with Gasteiger partial charge >= 0.3 is 5.69 Å². The lowest BCUT2D eigenvalue weighted by Crippen LogP contribution is -2.52. The van der Waals surface area contributed by atoms with Crippen LogP contribution in [0, 0.1) is 11.8 Å². The van der Waals surface area contributed by atoms with E-state index in [1.165, 1.54) is 9.13 Å². The summed E-state index contributed by atoms with van der Waals surface area (Å²) in [6, 6.07) is 7.19. The molecule has 4 rings (SSSR count). The zero-order valence-electron chi connectivity index (χ0n) is 19.7. The van der Waals surface area contributed by atoms with Crippen LogP contribution in [0.4, 0.5) is 0 Å². The summed E-state index contributed by atoms with van der Waals surface area (Å²) in [5, 5.41) is 0.556. The van der Waals surface area contributed by atoms with Gasteiger partial charge in [0.05, 0.1) is 10.9 Å². The van der Waals surface area contributed by atoms with E-state index in [4.69, 9.17) is 0 Å². The summed E-state index contributed by atoms with van der Waals surface area (Å²) < 4.78 is 2.90. The van der Waals surface area contributed by atoms with Crippen LogP contribution in [0.3, 0.4) is 0 Å². The van der Waals surface area contributed by atoms with Crippen molar-refractivity contribution in [1.29, 1.82) is 0 Å². The third-order valence-electron chi connectivity index (χ3n) is 7.30. The fraction of sp³-hybridized carbons (Fsp3) is 0.600. The van der Waals surface area contributed by atoms with Crippen LogP contribution in [0.5, 0.6) is 0 Å². The van der Waals surface area contributed by atoms with Gasteiger partial charge in [0.15, 0.2) is 0 Å². The third-order valence-corrected chi connectivity index (χ3v) is 7.30. The Morgan fingerprint density at radius 3 is 2.24 bits per heavy atom. The van der Waals surface area contributed by atoms with Crippen molar-refractivity contribution in [2.45, 2.75) is 52.0 Å². The average molecular weight is 455 g/mol. The molecule has 0 N–H and O–H groups in total. The highest BCUT2D eigenvalue weighted by Gasteiger charge is 2.32. The minimum Gasteiger partial charge on any atom is -0.339 e. The number of benzene rings is 1. The van der Waals surface area contributed by atoms with Crippen molar-refractivity contribution < 1.29 is 9.59 Å². The number of aromatic nitrogens is 2. The predicted molar refractivity (Wildman–Crippen MR) is 127 cm³/mol. The normalized spacial score (nSPS) is 21.4. The molecule has 8 heteroatoms. The molecule has 1 aromatic carbocycles. The van der Waals surface area contributed by atoms with Gasteiger partial charge in [-0.15, -0.1) is 0 Å². The number of para-hydroxylation sites is 1. The van der Waals surface area contributed by atoms with Crippen molar-refractivity contribution >= 4 is 22.7 Å². The van der Waals surface area contributed by atoms with E-state index in [0.717, 1.165) is 32.1 Å². The molecule has 8 nitrogen and oxygen atoms in total. The van der Waals surface area contributed by atoms with Crippen molar-refractivity contribution in [2.24, 2.45) is 18.9 Å². The third kappa shape index (κ3) is 4.75. The molecule has 0 radical (unpaired) electrons. The molecule has 2 fully saturated rings. The number of carbonyl (C=O) groups is 2. The van der Waals surface area contributed by atoms with Gasteiger partial charge in [-0.25, -0.2) is 4.79 Å². The zero-order chi connectivity index (χ0) is 23.5. The fourth-order valence-corrected chi connectivity index (χ4v) is 5.28. The van der Waals surface area contributed by atoms with Crippen LogP contribution in [0.1, 0.15) is 45.4 Å². The van der Waals surface area contributed by atoms with Crippen molar-refractivity contribution in [3.8, 4) is 0 Å². The maximum atomic E-state index is 13.0. The minimum absolute atomic E-state index is 0.00435. The average Bonchev–Trinajstić information content (AvgIpc) is 2.85. The molecular formula is C25H34N4O4. The summed E-state index contributed by atoms with van der Waals surface area (Å²) in [6.45, 7) is 4.85. The molecule has 0 atom stereocenters. The molecular weight excluding hydrogens is 420 g/mol. The van der Waals surface area contributed by atoms with Gasteiger partial charge in [0, 0.05) is 52.1 Å². The monoisotopic (exact) mass is 454 g/mol. The van der Waals surface area contributed by atoms with Crippen LogP contribution in [0.15, 0.2) is 33.9 Å². The number of aryl methyl sites for hydroxylation is 1. The fourth-order valence-electron chi connectivity index (χ4n) is 5.28. The molecule has 33 heavy (non-hydrogen) atoms. The van der Waals surface area contributed by atoms with Gasteiger partial charge < -0.3 is 9.80 Å². The number of piperazine rings is 1. The lowest BCUT2D eigenvalue weighted by atomic mass is 9.81. The minimum atomic E-state index is -0.285. The van der Waals surface area contributed by atoms with E-state index < -0.39 is 0 Å². The van der Waals surface area contributed by atoms with E-state index >= 15 is 0 Å². The summed E-state index contributed by atoms with van der Waals surface area (Å²) in [6.07, 6.45) is 4.63. The standard InChI is InChI=1S/C25H34N4O4/c1-3-6-22(30)27-13-15-28(16-14-27)23(31)19-11-9-18(10-12-19)17-29-24(32)20-7-4-5-8-21(20)26(2)25(29)33/h4-5,7-8,18-19H,3,6,9-17H2,1-2H3/t18-,19-. The molecule has 2 heterocycles. The van der Waals surface area contributed by atoms with Crippen molar-refractivity contribution in [1.82, 2.24) is 18.9 Å². The second kappa shape index (κ2) is 9.93. The Morgan fingerprint density at radius 1 is 0.939 bits per heavy atom. The van der Waals surface area contributed by atoms with Crippen molar-refractivity contribution in [3.05, 3.63) is 45.1 Å². The van der Waals surface area contributed by atoms with Crippen molar-refractivity contribution in [2.75, 3.05) is 26.2 Å². The molecule has 1 aliphatic heterocycles. The topological polar surface area (TPSA) is 84.6 Å². The molecule has 0 spiro atoms. The van der Waals surface area contributed by atoms with Crippen LogP contribution in [-0.4, -0.2) is 56.9 Å². The van der Waals surface area contributed by atoms with Crippen LogP contribution in [-0.2, 0) is 23.2 Å². The second-order valence-corrected chi connectivity index (χ2v) is 9.45.